The van der Waals surface area contributed by atoms with Gasteiger partial charge in [0.05, 0.1) is 25.2 Å². The summed E-state index contributed by atoms with van der Waals surface area (Å²) in [6.45, 7) is 2.00. The highest BCUT2D eigenvalue weighted by Crippen LogP contribution is 2.33. The van der Waals surface area contributed by atoms with Crippen LogP contribution >= 0.6 is 0 Å². The minimum absolute atomic E-state index is 0.0181. The van der Waals surface area contributed by atoms with E-state index < -0.39 is 30.4 Å². The molecular weight excluding hydrogens is 528 g/mol. The molecule has 2 amide bonds. The summed E-state index contributed by atoms with van der Waals surface area (Å²) >= 11 is 0. The Labute approximate surface area is 238 Å². The fourth-order valence-electron chi connectivity index (χ4n) is 4.17. The van der Waals surface area contributed by atoms with E-state index in [-0.39, 0.29) is 18.9 Å². The molecule has 3 aromatic rings. The van der Waals surface area contributed by atoms with Gasteiger partial charge in [-0.25, -0.2) is 4.79 Å². The van der Waals surface area contributed by atoms with Gasteiger partial charge in [0.25, 0.3) is 5.91 Å². The van der Waals surface area contributed by atoms with Gasteiger partial charge < -0.3 is 29.2 Å². The zero-order chi connectivity index (χ0) is 29.2. The Kier molecular flexibility index (Phi) is 9.93. The zero-order valence-electron chi connectivity index (χ0n) is 23.0. The minimum Gasteiger partial charge on any atom is -0.493 e. The summed E-state index contributed by atoms with van der Waals surface area (Å²) in [7, 11) is 1.56. The smallest absolute Gasteiger partial charge is 0.338 e. The Hall–Kier alpha value is -4.86. The molecule has 0 radical (unpaired) electrons. The highest BCUT2D eigenvalue weighted by Gasteiger charge is 2.36. The Morgan fingerprint density at radius 2 is 1.63 bits per heavy atom. The molecule has 0 saturated carbocycles. The van der Waals surface area contributed by atoms with Gasteiger partial charge in [0, 0.05) is 24.3 Å². The number of hydrogen-bond acceptors (Lipinski definition) is 8. The van der Waals surface area contributed by atoms with Gasteiger partial charge in [0.15, 0.2) is 18.1 Å². The number of unbranched alkanes of at least 4 members (excludes halogenated alkanes) is 1. The highest BCUT2D eigenvalue weighted by atomic mass is 16.5. The van der Waals surface area contributed by atoms with Crippen molar-refractivity contribution in [2.24, 2.45) is 5.92 Å². The van der Waals surface area contributed by atoms with Crippen LogP contribution in [0.2, 0.25) is 0 Å². The molecule has 0 unspecified atom stereocenters. The lowest BCUT2D eigenvalue weighted by atomic mass is 10.1. The number of amides is 2. The summed E-state index contributed by atoms with van der Waals surface area (Å²) in [4.78, 5) is 51.0. The third-order valence-electron chi connectivity index (χ3n) is 6.38. The lowest BCUT2D eigenvalue weighted by molar-refractivity contribution is -0.151. The number of hydrogen-bond donors (Lipinski definition) is 1. The number of methoxy groups -OCH3 is 1. The van der Waals surface area contributed by atoms with Crippen LogP contribution in [0.4, 0.5) is 11.4 Å². The largest absolute Gasteiger partial charge is 0.493 e. The van der Waals surface area contributed by atoms with E-state index in [1.807, 2.05) is 19.1 Å². The van der Waals surface area contributed by atoms with Crippen molar-refractivity contribution in [2.45, 2.75) is 26.2 Å². The molecule has 10 nitrogen and oxygen atoms in total. The fraction of sp³-hybridized carbons (Fsp3) is 0.290. The summed E-state index contributed by atoms with van der Waals surface area (Å²) in [5.74, 6) is -0.789. The van der Waals surface area contributed by atoms with Crippen LogP contribution in [0.25, 0.3) is 0 Å². The van der Waals surface area contributed by atoms with Crippen LogP contribution in [0.15, 0.2) is 72.8 Å². The minimum atomic E-state index is -0.696. The molecule has 0 aliphatic carbocycles. The number of nitrogens with one attached hydrogen (secondary N) is 1. The SMILES string of the molecule is CCCCOC(=O)c1ccc(NC(=O)COC(=O)[C@H]2CC(=O)N(c3ccc(Oc4ccccc4OC)cc3)C2)cc1. The van der Waals surface area contributed by atoms with Crippen LogP contribution in [0, 0.1) is 5.92 Å². The van der Waals surface area contributed by atoms with Crippen molar-refractivity contribution in [1.82, 2.24) is 0 Å². The van der Waals surface area contributed by atoms with Crippen molar-refractivity contribution < 1.29 is 38.1 Å². The molecule has 1 aliphatic heterocycles. The molecule has 1 atom stereocenters. The first-order valence-corrected chi connectivity index (χ1v) is 13.3. The molecule has 1 saturated heterocycles. The van der Waals surface area contributed by atoms with Gasteiger partial charge in [-0.1, -0.05) is 25.5 Å². The molecule has 1 aliphatic rings. The van der Waals surface area contributed by atoms with Crippen molar-refractivity contribution in [3.63, 3.8) is 0 Å². The average molecular weight is 561 g/mol. The van der Waals surface area contributed by atoms with Gasteiger partial charge in [-0.05, 0) is 67.1 Å². The monoisotopic (exact) mass is 560 g/mol. The number of nitrogens with zero attached hydrogens (tertiary/aromatic N) is 1. The van der Waals surface area contributed by atoms with Gasteiger partial charge in [-0.2, -0.15) is 0 Å². The predicted octanol–water partition coefficient (Wildman–Crippen LogP) is 4.98. The van der Waals surface area contributed by atoms with E-state index in [1.54, 1.807) is 67.8 Å². The van der Waals surface area contributed by atoms with E-state index in [0.717, 1.165) is 12.8 Å². The van der Waals surface area contributed by atoms with Crippen LogP contribution < -0.4 is 19.7 Å². The lowest BCUT2D eigenvalue weighted by Crippen LogP contribution is -2.28. The first kappa shape index (κ1) is 29.1. The number of benzene rings is 3. The molecule has 10 heteroatoms. The summed E-state index contributed by atoms with van der Waals surface area (Å²) < 4.78 is 21.5. The third kappa shape index (κ3) is 7.84. The van der Waals surface area contributed by atoms with Gasteiger partial charge in [-0.15, -0.1) is 0 Å². The van der Waals surface area contributed by atoms with Crippen LogP contribution in [-0.4, -0.2) is 50.6 Å². The van der Waals surface area contributed by atoms with Crippen LogP contribution in [-0.2, 0) is 23.9 Å². The molecule has 41 heavy (non-hydrogen) atoms. The summed E-state index contributed by atoms with van der Waals surface area (Å²) in [6.07, 6.45) is 1.70. The number of carbonyl (C=O) groups is 4. The Bertz CT molecular complexity index is 1370. The second-order valence-electron chi connectivity index (χ2n) is 9.37. The van der Waals surface area contributed by atoms with Gasteiger partial charge in [0.1, 0.15) is 5.75 Å². The molecule has 0 bridgehead atoms. The van der Waals surface area contributed by atoms with Crippen molar-refractivity contribution in [3.05, 3.63) is 78.4 Å². The summed E-state index contributed by atoms with van der Waals surface area (Å²) in [5.41, 5.74) is 1.43. The summed E-state index contributed by atoms with van der Waals surface area (Å²) in [5, 5.41) is 2.61. The molecule has 1 fully saturated rings. The predicted molar refractivity (Wildman–Crippen MR) is 151 cm³/mol. The molecule has 4 rings (SSSR count). The molecular formula is C31H32N2O8. The molecule has 0 spiro atoms. The maximum atomic E-state index is 12.6. The molecule has 1 N–H and O–H groups in total. The molecule has 3 aromatic carbocycles. The number of carbonyl (C=O) groups excluding carboxylic acids is 4. The maximum absolute atomic E-state index is 12.6. The number of rotatable bonds is 12. The first-order chi connectivity index (χ1) is 19.9. The Balaban J connectivity index is 1.24. The Morgan fingerprint density at radius 3 is 2.32 bits per heavy atom. The second-order valence-corrected chi connectivity index (χ2v) is 9.37. The number of anilines is 2. The summed E-state index contributed by atoms with van der Waals surface area (Å²) in [6, 6.07) is 20.4. The normalized spacial score (nSPS) is 14.3. The van der Waals surface area contributed by atoms with E-state index in [2.05, 4.69) is 5.32 Å². The van der Waals surface area contributed by atoms with Gasteiger partial charge >= 0.3 is 11.9 Å². The quantitative estimate of drug-likeness (QED) is 0.243. The van der Waals surface area contributed by atoms with Gasteiger partial charge in [-0.3, -0.25) is 14.4 Å². The van der Waals surface area contributed by atoms with E-state index in [9.17, 15) is 19.2 Å². The number of para-hydroxylation sites is 2. The molecule has 214 valence electrons. The zero-order valence-corrected chi connectivity index (χ0v) is 23.0. The van der Waals surface area contributed by atoms with Crippen molar-refractivity contribution in [2.75, 3.05) is 37.1 Å². The maximum Gasteiger partial charge on any atom is 0.338 e. The van der Waals surface area contributed by atoms with E-state index >= 15 is 0 Å². The van der Waals surface area contributed by atoms with Crippen molar-refractivity contribution in [1.29, 1.82) is 0 Å². The fourth-order valence-corrected chi connectivity index (χ4v) is 4.17. The molecule has 0 aromatic heterocycles. The topological polar surface area (TPSA) is 120 Å². The second kappa shape index (κ2) is 14.0. The number of ether oxygens (including phenoxy) is 4. The first-order valence-electron chi connectivity index (χ1n) is 13.3. The van der Waals surface area contributed by atoms with Crippen LogP contribution in [0.3, 0.4) is 0 Å². The lowest BCUT2D eigenvalue weighted by Gasteiger charge is -2.17. The van der Waals surface area contributed by atoms with Crippen molar-refractivity contribution >= 4 is 35.1 Å². The van der Waals surface area contributed by atoms with Crippen LogP contribution in [0.5, 0.6) is 17.2 Å². The van der Waals surface area contributed by atoms with Crippen molar-refractivity contribution in [3.8, 4) is 17.2 Å². The van der Waals surface area contributed by atoms with E-state index in [1.165, 1.54) is 4.90 Å². The number of esters is 2. The molecule has 1 heterocycles. The Morgan fingerprint density at radius 1 is 0.927 bits per heavy atom. The van der Waals surface area contributed by atoms with E-state index in [4.69, 9.17) is 18.9 Å². The highest BCUT2D eigenvalue weighted by molar-refractivity contribution is 6.00. The standard InChI is InChI=1S/C31H32N2O8/c1-3-4-17-39-30(36)21-9-11-23(12-10-21)32-28(34)20-40-31(37)22-18-29(35)33(19-22)24-13-15-25(16-14-24)41-27-8-6-5-7-26(27)38-2/h5-16,22H,3-4,17-20H2,1-2H3,(H,32,34)/t22-/m0/s1. The van der Waals surface area contributed by atoms with E-state index in [0.29, 0.717) is 40.8 Å². The third-order valence-corrected chi connectivity index (χ3v) is 6.38. The average Bonchev–Trinajstić information content (AvgIpc) is 3.38. The van der Waals surface area contributed by atoms with Gasteiger partial charge in [0.2, 0.25) is 5.91 Å². The van der Waals surface area contributed by atoms with Crippen LogP contribution in [0.1, 0.15) is 36.5 Å².